The van der Waals surface area contributed by atoms with Gasteiger partial charge >= 0.3 is 0 Å². The molecule has 6 heteroatoms. The first-order valence-corrected chi connectivity index (χ1v) is 7.08. The Kier molecular flexibility index (Phi) is 4.16. The van der Waals surface area contributed by atoms with Gasteiger partial charge < -0.3 is 5.32 Å². The van der Waals surface area contributed by atoms with E-state index in [1.807, 2.05) is 30.3 Å². The zero-order chi connectivity index (χ0) is 15.4. The quantitative estimate of drug-likeness (QED) is 0.804. The zero-order valence-electron chi connectivity index (χ0n) is 11.6. The standard InChI is InChI=1S/C16H13ClN4O/c17-14-6-2-1-5-12(14)10-21-11-13(9-19-21)16(22)20-15-7-3-4-8-18-15/h1-9,11H,10H2,(H,18,20,22). The summed E-state index contributed by atoms with van der Waals surface area (Å²) in [5, 5.41) is 7.59. The van der Waals surface area contributed by atoms with Crippen LogP contribution in [0.1, 0.15) is 15.9 Å². The molecule has 0 saturated carbocycles. The molecule has 3 aromatic rings. The molecule has 2 aromatic heterocycles. The lowest BCUT2D eigenvalue weighted by Gasteiger charge is -2.04. The van der Waals surface area contributed by atoms with Gasteiger partial charge in [0.1, 0.15) is 5.82 Å². The number of rotatable bonds is 4. The molecule has 0 atom stereocenters. The average molecular weight is 313 g/mol. The predicted molar refractivity (Wildman–Crippen MR) is 85.0 cm³/mol. The first-order valence-electron chi connectivity index (χ1n) is 6.70. The Balaban J connectivity index is 1.71. The molecule has 1 amide bonds. The number of benzene rings is 1. The Bertz CT molecular complexity index is 786. The van der Waals surface area contributed by atoms with E-state index in [-0.39, 0.29) is 5.91 Å². The van der Waals surface area contributed by atoms with Crippen molar-refractivity contribution >= 4 is 23.3 Å². The van der Waals surface area contributed by atoms with Crippen LogP contribution in [0.5, 0.6) is 0 Å². The third-order valence-corrected chi connectivity index (χ3v) is 3.46. The molecule has 22 heavy (non-hydrogen) atoms. The summed E-state index contributed by atoms with van der Waals surface area (Å²) in [6.07, 6.45) is 4.83. The maximum atomic E-state index is 12.1. The molecule has 0 spiro atoms. The van der Waals surface area contributed by atoms with Crippen molar-refractivity contribution in [3.63, 3.8) is 0 Å². The summed E-state index contributed by atoms with van der Waals surface area (Å²) >= 11 is 6.12. The molecular formula is C16H13ClN4O. The van der Waals surface area contributed by atoms with E-state index in [9.17, 15) is 4.79 Å². The van der Waals surface area contributed by atoms with E-state index in [1.54, 1.807) is 29.2 Å². The van der Waals surface area contributed by atoms with Gasteiger partial charge in [0.2, 0.25) is 0 Å². The fourth-order valence-electron chi connectivity index (χ4n) is 1.99. The lowest BCUT2D eigenvalue weighted by molar-refractivity contribution is 0.102. The van der Waals surface area contributed by atoms with E-state index >= 15 is 0 Å². The summed E-state index contributed by atoms with van der Waals surface area (Å²) in [6.45, 7) is 0.510. The molecular weight excluding hydrogens is 300 g/mol. The molecule has 0 radical (unpaired) electrons. The molecule has 0 unspecified atom stereocenters. The molecule has 2 heterocycles. The maximum absolute atomic E-state index is 12.1. The number of carbonyl (C=O) groups is 1. The minimum absolute atomic E-state index is 0.246. The molecule has 1 aromatic carbocycles. The van der Waals surface area contributed by atoms with Gasteiger partial charge in [-0.3, -0.25) is 9.48 Å². The summed E-state index contributed by atoms with van der Waals surface area (Å²) in [6, 6.07) is 12.9. The van der Waals surface area contributed by atoms with Crippen LogP contribution in [0.25, 0.3) is 0 Å². The Morgan fingerprint density at radius 3 is 2.77 bits per heavy atom. The van der Waals surface area contributed by atoms with Gasteiger partial charge in [0.15, 0.2) is 0 Å². The van der Waals surface area contributed by atoms with Crippen molar-refractivity contribution in [1.82, 2.24) is 14.8 Å². The van der Waals surface area contributed by atoms with E-state index in [0.717, 1.165) is 5.56 Å². The molecule has 110 valence electrons. The van der Waals surface area contributed by atoms with Crippen LogP contribution in [0.15, 0.2) is 61.1 Å². The van der Waals surface area contributed by atoms with Crippen molar-refractivity contribution in [2.24, 2.45) is 0 Å². The van der Waals surface area contributed by atoms with Crippen LogP contribution in [0, 0.1) is 0 Å². The number of halogens is 1. The summed E-state index contributed by atoms with van der Waals surface area (Å²) in [7, 11) is 0. The summed E-state index contributed by atoms with van der Waals surface area (Å²) in [5.41, 5.74) is 1.42. The minimum atomic E-state index is -0.246. The van der Waals surface area contributed by atoms with E-state index in [4.69, 9.17) is 11.6 Å². The lowest BCUT2D eigenvalue weighted by atomic mass is 10.2. The predicted octanol–water partition coefficient (Wildman–Crippen LogP) is 3.23. The smallest absolute Gasteiger partial charge is 0.260 e. The fraction of sp³-hybridized carbons (Fsp3) is 0.0625. The summed E-state index contributed by atoms with van der Waals surface area (Å²) in [4.78, 5) is 16.2. The second-order valence-electron chi connectivity index (χ2n) is 4.69. The van der Waals surface area contributed by atoms with Gasteiger partial charge in [-0.25, -0.2) is 4.98 Å². The molecule has 0 aliphatic rings. The van der Waals surface area contributed by atoms with Gasteiger partial charge in [-0.15, -0.1) is 0 Å². The second kappa shape index (κ2) is 6.41. The van der Waals surface area contributed by atoms with E-state index in [0.29, 0.717) is 22.9 Å². The number of carbonyl (C=O) groups excluding carboxylic acids is 1. The van der Waals surface area contributed by atoms with E-state index < -0.39 is 0 Å². The largest absolute Gasteiger partial charge is 0.306 e. The average Bonchev–Trinajstić information content (AvgIpc) is 2.99. The maximum Gasteiger partial charge on any atom is 0.260 e. The third kappa shape index (κ3) is 3.32. The van der Waals surface area contributed by atoms with Crippen molar-refractivity contribution < 1.29 is 4.79 Å². The van der Waals surface area contributed by atoms with Crippen molar-refractivity contribution in [2.45, 2.75) is 6.54 Å². The Labute approximate surface area is 132 Å². The molecule has 0 aliphatic heterocycles. The van der Waals surface area contributed by atoms with Gasteiger partial charge in [0, 0.05) is 17.4 Å². The molecule has 5 nitrogen and oxygen atoms in total. The van der Waals surface area contributed by atoms with Crippen LogP contribution in [0.3, 0.4) is 0 Å². The molecule has 3 rings (SSSR count). The van der Waals surface area contributed by atoms with Crippen molar-refractivity contribution in [2.75, 3.05) is 5.32 Å². The molecule has 0 saturated heterocycles. The fourth-order valence-corrected chi connectivity index (χ4v) is 2.19. The lowest BCUT2D eigenvalue weighted by Crippen LogP contribution is -2.12. The number of aromatic nitrogens is 3. The molecule has 1 N–H and O–H groups in total. The topological polar surface area (TPSA) is 59.8 Å². The van der Waals surface area contributed by atoms with Gasteiger partial charge in [0.25, 0.3) is 5.91 Å². The number of nitrogens with zero attached hydrogens (tertiary/aromatic N) is 3. The SMILES string of the molecule is O=C(Nc1ccccn1)c1cnn(Cc2ccccc2Cl)c1. The number of hydrogen-bond acceptors (Lipinski definition) is 3. The molecule has 0 bridgehead atoms. The number of nitrogens with one attached hydrogen (secondary N) is 1. The monoisotopic (exact) mass is 312 g/mol. The van der Waals surface area contributed by atoms with Crippen LogP contribution < -0.4 is 5.32 Å². The van der Waals surface area contributed by atoms with E-state index in [1.165, 1.54) is 6.20 Å². The van der Waals surface area contributed by atoms with Crippen molar-refractivity contribution in [3.05, 3.63) is 77.2 Å². The van der Waals surface area contributed by atoms with Crippen LogP contribution in [-0.2, 0) is 6.54 Å². The summed E-state index contributed by atoms with van der Waals surface area (Å²) < 4.78 is 1.68. The zero-order valence-corrected chi connectivity index (χ0v) is 12.4. The Hall–Kier alpha value is -2.66. The van der Waals surface area contributed by atoms with Gasteiger partial charge in [0.05, 0.1) is 18.3 Å². The highest BCUT2D eigenvalue weighted by atomic mass is 35.5. The van der Waals surface area contributed by atoms with Gasteiger partial charge in [-0.05, 0) is 23.8 Å². The first kappa shape index (κ1) is 14.3. The van der Waals surface area contributed by atoms with E-state index in [2.05, 4.69) is 15.4 Å². The van der Waals surface area contributed by atoms with Crippen LogP contribution in [0.2, 0.25) is 5.02 Å². The van der Waals surface area contributed by atoms with Gasteiger partial charge in [-0.2, -0.15) is 5.10 Å². The number of pyridine rings is 1. The highest BCUT2D eigenvalue weighted by Crippen LogP contribution is 2.16. The van der Waals surface area contributed by atoms with Crippen LogP contribution in [-0.4, -0.2) is 20.7 Å². The second-order valence-corrected chi connectivity index (χ2v) is 5.09. The Morgan fingerprint density at radius 2 is 2.00 bits per heavy atom. The summed E-state index contributed by atoms with van der Waals surface area (Å²) in [5.74, 6) is 0.260. The van der Waals surface area contributed by atoms with Crippen LogP contribution >= 0.6 is 11.6 Å². The van der Waals surface area contributed by atoms with Crippen molar-refractivity contribution in [3.8, 4) is 0 Å². The highest BCUT2D eigenvalue weighted by molar-refractivity contribution is 6.31. The van der Waals surface area contributed by atoms with Crippen LogP contribution in [0.4, 0.5) is 5.82 Å². The molecule has 0 aliphatic carbocycles. The number of hydrogen-bond donors (Lipinski definition) is 1. The van der Waals surface area contributed by atoms with Gasteiger partial charge in [-0.1, -0.05) is 35.9 Å². The number of amides is 1. The van der Waals surface area contributed by atoms with Crippen molar-refractivity contribution in [1.29, 1.82) is 0 Å². The Morgan fingerprint density at radius 1 is 1.18 bits per heavy atom. The first-order chi connectivity index (χ1) is 10.7. The minimum Gasteiger partial charge on any atom is -0.306 e. The highest BCUT2D eigenvalue weighted by Gasteiger charge is 2.10. The number of anilines is 1. The third-order valence-electron chi connectivity index (χ3n) is 3.09. The normalized spacial score (nSPS) is 10.4. The molecule has 0 fully saturated rings.